The third-order valence-electron chi connectivity index (χ3n) is 4.86. The molecule has 0 spiro atoms. The monoisotopic (exact) mass is 331 g/mol. The van der Waals surface area contributed by atoms with Crippen LogP contribution in [0.25, 0.3) is 0 Å². The van der Waals surface area contributed by atoms with Crippen LogP contribution in [0.4, 0.5) is 5.69 Å². The molecule has 0 radical (unpaired) electrons. The molecule has 130 valence electrons. The minimum Gasteiger partial charge on any atom is -0.368 e. The fourth-order valence-electron chi connectivity index (χ4n) is 3.41. The van der Waals surface area contributed by atoms with Crippen LogP contribution < -0.4 is 4.90 Å². The van der Waals surface area contributed by atoms with Crippen LogP contribution in [0.5, 0.6) is 0 Å². The van der Waals surface area contributed by atoms with Crippen LogP contribution in [0.1, 0.15) is 13.8 Å². The standard InChI is InChI=1S/C18H25N3O3/c1-15(22)21-12-13-24-18(2,14-21)17(23)20-10-8-19(9-11-20)16-6-4-3-5-7-16/h3-7H,8-14H2,1-2H3. The van der Waals surface area contributed by atoms with Gasteiger partial charge in [0, 0.05) is 45.3 Å². The summed E-state index contributed by atoms with van der Waals surface area (Å²) in [5, 5.41) is 0. The summed E-state index contributed by atoms with van der Waals surface area (Å²) in [6.07, 6.45) is 0. The number of hydrogen-bond acceptors (Lipinski definition) is 4. The number of benzene rings is 1. The highest BCUT2D eigenvalue weighted by molar-refractivity contribution is 5.86. The second kappa shape index (κ2) is 6.81. The maximum absolute atomic E-state index is 12.9. The van der Waals surface area contributed by atoms with Crippen molar-refractivity contribution in [1.29, 1.82) is 0 Å². The van der Waals surface area contributed by atoms with Gasteiger partial charge in [-0.1, -0.05) is 18.2 Å². The maximum atomic E-state index is 12.9. The zero-order chi connectivity index (χ0) is 17.2. The quantitative estimate of drug-likeness (QED) is 0.810. The Bertz CT molecular complexity index is 599. The van der Waals surface area contributed by atoms with E-state index in [2.05, 4.69) is 17.0 Å². The summed E-state index contributed by atoms with van der Waals surface area (Å²) < 4.78 is 5.77. The van der Waals surface area contributed by atoms with Crippen molar-refractivity contribution in [1.82, 2.24) is 9.80 Å². The number of hydrogen-bond donors (Lipinski definition) is 0. The fourth-order valence-corrected chi connectivity index (χ4v) is 3.41. The first-order valence-corrected chi connectivity index (χ1v) is 8.48. The molecule has 0 bridgehead atoms. The van der Waals surface area contributed by atoms with Gasteiger partial charge in [-0.25, -0.2) is 0 Å². The van der Waals surface area contributed by atoms with E-state index in [-0.39, 0.29) is 11.8 Å². The highest BCUT2D eigenvalue weighted by Crippen LogP contribution is 2.23. The fraction of sp³-hybridized carbons (Fsp3) is 0.556. The van der Waals surface area contributed by atoms with Crippen molar-refractivity contribution in [2.75, 3.05) is 50.8 Å². The van der Waals surface area contributed by atoms with Crippen molar-refractivity contribution in [3.63, 3.8) is 0 Å². The Morgan fingerprint density at radius 3 is 2.29 bits per heavy atom. The normalized spacial score (nSPS) is 24.8. The van der Waals surface area contributed by atoms with E-state index in [9.17, 15) is 9.59 Å². The molecule has 6 heteroatoms. The van der Waals surface area contributed by atoms with Gasteiger partial charge in [0.05, 0.1) is 13.2 Å². The molecule has 2 aliphatic heterocycles. The van der Waals surface area contributed by atoms with E-state index in [4.69, 9.17) is 4.74 Å². The van der Waals surface area contributed by atoms with Crippen LogP contribution in [0, 0.1) is 0 Å². The molecule has 1 aromatic carbocycles. The van der Waals surface area contributed by atoms with Crippen molar-refractivity contribution in [3.8, 4) is 0 Å². The second-order valence-electron chi connectivity index (χ2n) is 6.63. The van der Waals surface area contributed by atoms with Crippen molar-refractivity contribution in [2.24, 2.45) is 0 Å². The molecule has 1 atom stereocenters. The van der Waals surface area contributed by atoms with Gasteiger partial charge in [0.15, 0.2) is 5.60 Å². The zero-order valence-electron chi connectivity index (χ0n) is 14.4. The van der Waals surface area contributed by atoms with E-state index in [1.165, 1.54) is 12.6 Å². The van der Waals surface area contributed by atoms with E-state index in [0.29, 0.717) is 32.8 Å². The number of anilines is 1. The molecule has 0 aromatic heterocycles. The van der Waals surface area contributed by atoms with Gasteiger partial charge < -0.3 is 19.4 Å². The van der Waals surface area contributed by atoms with E-state index in [0.717, 1.165) is 13.1 Å². The minimum atomic E-state index is -0.932. The molecule has 1 unspecified atom stereocenters. The summed E-state index contributed by atoms with van der Waals surface area (Å²) in [5.41, 5.74) is 0.256. The molecule has 2 saturated heterocycles. The van der Waals surface area contributed by atoms with Crippen LogP contribution in [0.2, 0.25) is 0 Å². The highest BCUT2D eigenvalue weighted by atomic mass is 16.5. The van der Waals surface area contributed by atoms with Crippen LogP contribution in [0.15, 0.2) is 30.3 Å². The number of ether oxygens (including phenoxy) is 1. The SMILES string of the molecule is CC(=O)N1CCOC(C)(C(=O)N2CCN(c3ccccc3)CC2)C1. The molecular weight excluding hydrogens is 306 g/mol. The maximum Gasteiger partial charge on any atom is 0.256 e. The molecule has 2 fully saturated rings. The van der Waals surface area contributed by atoms with Crippen molar-refractivity contribution >= 4 is 17.5 Å². The number of piperazine rings is 1. The van der Waals surface area contributed by atoms with Crippen molar-refractivity contribution < 1.29 is 14.3 Å². The molecule has 1 aromatic rings. The average molecular weight is 331 g/mol. The molecule has 2 amide bonds. The number of para-hydroxylation sites is 1. The van der Waals surface area contributed by atoms with Gasteiger partial charge in [-0.15, -0.1) is 0 Å². The minimum absolute atomic E-state index is 0.00813. The summed E-state index contributed by atoms with van der Waals surface area (Å²) in [6.45, 7) is 7.60. The Morgan fingerprint density at radius 1 is 1.00 bits per heavy atom. The van der Waals surface area contributed by atoms with Gasteiger partial charge >= 0.3 is 0 Å². The molecular formula is C18H25N3O3. The lowest BCUT2D eigenvalue weighted by molar-refractivity contribution is -0.171. The summed E-state index contributed by atoms with van der Waals surface area (Å²) in [5.74, 6) is -0.0209. The van der Waals surface area contributed by atoms with Crippen LogP contribution >= 0.6 is 0 Å². The Hall–Kier alpha value is -2.08. The Labute approximate surface area is 143 Å². The smallest absolute Gasteiger partial charge is 0.256 e. The highest BCUT2D eigenvalue weighted by Gasteiger charge is 2.43. The molecule has 3 rings (SSSR count). The Balaban J connectivity index is 1.61. The first kappa shape index (κ1) is 16.8. The molecule has 24 heavy (non-hydrogen) atoms. The Morgan fingerprint density at radius 2 is 1.67 bits per heavy atom. The largest absolute Gasteiger partial charge is 0.368 e. The van der Waals surface area contributed by atoms with Gasteiger partial charge in [0.25, 0.3) is 5.91 Å². The number of nitrogens with zero attached hydrogens (tertiary/aromatic N) is 3. The average Bonchev–Trinajstić information content (AvgIpc) is 2.62. The molecule has 0 N–H and O–H groups in total. The zero-order valence-corrected chi connectivity index (χ0v) is 14.4. The van der Waals surface area contributed by atoms with E-state index < -0.39 is 5.60 Å². The first-order valence-electron chi connectivity index (χ1n) is 8.48. The van der Waals surface area contributed by atoms with E-state index >= 15 is 0 Å². The summed E-state index contributed by atoms with van der Waals surface area (Å²) in [6, 6.07) is 10.2. The third kappa shape index (κ3) is 3.38. The molecule has 2 aliphatic rings. The molecule has 0 saturated carbocycles. The van der Waals surface area contributed by atoms with Gasteiger partial charge in [-0.3, -0.25) is 9.59 Å². The lowest BCUT2D eigenvalue weighted by Gasteiger charge is -2.44. The van der Waals surface area contributed by atoms with Crippen molar-refractivity contribution in [3.05, 3.63) is 30.3 Å². The van der Waals surface area contributed by atoms with Gasteiger partial charge in [-0.2, -0.15) is 0 Å². The predicted octanol–water partition coefficient (Wildman–Crippen LogP) is 0.973. The second-order valence-corrected chi connectivity index (χ2v) is 6.63. The lowest BCUT2D eigenvalue weighted by atomic mass is 10.0. The third-order valence-corrected chi connectivity index (χ3v) is 4.86. The van der Waals surface area contributed by atoms with Gasteiger partial charge in [-0.05, 0) is 19.1 Å². The van der Waals surface area contributed by atoms with Crippen molar-refractivity contribution in [2.45, 2.75) is 19.4 Å². The lowest BCUT2D eigenvalue weighted by Crippen LogP contribution is -2.62. The predicted molar refractivity (Wildman–Crippen MR) is 91.8 cm³/mol. The van der Waals surface area contributed by atoms with E-state index in [1.54, 1.807) is 11.8 Å². The molecule has 2 heterocycles. The number of carbonyl (C=O) groups excluding carboxylic acids is 2. The summed E-state index contributed by atoms with van der Waals surface area (Å²) in [7, 11) is 0. The summed E-state index contributed by atoms with van der Waals surface area (Å²) in [4.78, 5) is 30.4. The Kier molecular flexibility index (Phi) is 4.76. The topological polar surface area (TPSA) is 53.1 Å². The van der Waals surface area contributed by atoms with Crippen LogP contribution in [0.3, 0.4) is 0 Å². The summed E-state index contributed by atoms with van der Waals surface area (Å²) >= 11 is 0. The number of rotatable bonds is 2. The van der Waals surface area contributed by atoms with Gasteiger partial charge in [0.2, 0.25) is 5.91 Å². The number of amides is 2. The van der Waals surface area contributed by atoms with Crippen LogP contribution in [-0.4, -0.2) is 73.1 Å². The van der Waals surface area contributed by atoms with Gasteiger partial charge in [0.1, 0.15) is 0 Å². The number of morpholine rings is 1. The van der Waals surface area contributed by atoms with Crippen LogP contribution in [-0.2, 0) is 14.3 Å². The molecule has 6 nitrogen and oxygen atoms in total. The number of carbonyl (C=O) groups is 2. The first-order chi connectivity index (χ1) is 11.5. The molecule has 0 aliphatic carbocycles. The van der Waals surface area contributed by atoms with E-state index in [1.807, 2.05) is 23.1 Å².